The first-order valence-corrected chi connectivity index (χ1v) is 20.4. The molecule has 1 aliphatic rings. The van der Waals surface area contributed by atoms with Crippen molar-refractivity contribution >= 4 is 0 Å². The summed E-state index contributed by atoms with van der Waals surface area (Å²) in [5.41, 5.74) is 2.14. The molecular formula is C45H82O6. The monoisotopic (exact) mass is 719 g/mol. The third kappa shape index (κ3) is 23.2. The molecule has 6 nitrogen and oxygen atoms in total. The predicted octanol–water partition coefficient (Wildman–Crippen LogP) is 10.7. The van der Waals surface area contributed by atoms with Gasteiger partial charge in [-0.25, -0.2) is 0 Å². The van der Waals surface area contributed by atoms with Crippen LogP contribution in [0.5, 0.6) is 0 Å². The van der Waals surface area contributed by atoms with Gasteiger partial charge < -0.3 is 30.3 Å². The summed E-state index contributed by atoms with van der Waals surface area (Å²) >= 11 is 0. The lowest BCUT2D eigenvalue weighted by atomic mass is 9.84. The molecule has 1 rings (SSSR count). The molecule has 5 atom stereocenters. The van der Waals surface area contributed by atoms with Gasteiger partial charge in [0.05, 0.1) is 40.7 Å². The van der Waals surface area contributed by atoms with E-state index in [0.717, 1.165) is 96.3 Å². The molecule has 1 heterocycles. The van der Waals surface area contributed by atoms with E-state index in [1.165, 1.54) is 22.3 Å². The Bertz CT molecular complexity index is 1100. The Morgan fingerprint density at radius 1 is 0.588 bits per heavy atom. The molecule has 0 bridgehead atoms. The van der Waals surface area contributed by atoms with Gasteiger partial charge in [0.15, 0.2) is 0 Å². The van der Waals surface area contributed by atoms with E-state index in [-0.39, 0.29) is 18.3 Å². The Labute approximate surface area is 314 Å². The zero-order valence-corrected chi connectivity index (χ0v) is 34.9. The second kappa shape index (κ2) is 22.8. The molecule has 298 valence electrons. The Morgan fingerprint density at radius 2 is 0.961 bits per heavy atom. The van der Waals surface area contributed by atoms with Crippen LogP contribution in [0.4, 0.5) is 0 Å². The highest BCUT2D eigenvalue weighted by atomic mass is 16.5. The van der Waals surface area contributed by atoms with Gasteiger partial charge in [0.2, 0.25) is 0 Å². The van der Waals surface area contributed by atoms with Crippen LogP contribution >= 0.6 is 0 Å². The normalized spacial score (nSPS) is 23.3. The fraction of sp³-hybridized carbons (Fsp3) is 0.822. The lowest BCUT2D eigenvalue weighted by Crippen LogP contribution is -2.38. The van der Waals surface area contributed by atoms with E-state index < -0.39 is 22.4 Å². The third-order valence-corrected chi connectivity index (χ3v) is 11.3. The van der Waals surface area contributed by atoms with Gasteiger partial charge in [0.1, 0.15) is 0 Å². The minimum atomic E-state index is -0.830. The molecular weight excluding hydrogens is 636 g/mol. The van der Waals surface area contributed by atoms with Crippen molar-refractivity contribution in [3.63, 3.8) is 0 Å². The van der Waals surface area contributed by atoms with Crippen LogP contribution in [-0.4, -0.2) is 66.2 Å². The van der Waals surface area contributed by atoms with Crippen LogP contribution in [0.2, 0.25) is 0 Å². The molecule has 0 spiro atoms. The van der Waals surface area contributed by atoms with Crippen LogP contribution in [0, 0.1) is 0 Å². The van der Waals surface area contributed by atoms with Gasteiger partial charge in [-0.05, 0) is 198 Å². The van der Waals surface area contributed by atoms with Crippen molar-refractivity contribution in [3.05, 3.63) is 46.6 Å². The molecule has 0 aromatic carbocycles. The highest BCUT2D eigenvalue weighted by Gasteiger charge is 2.42. The number of ether oxygens (including phenoxy) is 1. The van der Waals surface area contributed by atoms with Gasteiger partial charge in [-0.15, -0.1) is 0 Å². The first-order valence-electron chi connectivity index (χ1n) is 20.4. The summed E-state index contributed by atoms with van der Waals surface area (Å²) in [6, 6.07) is 0. The van der Waals surface area contributed by atoms with Crippen LogP contribution < -0.4 is 0 Å². The smallest absolute Gasteiger partial charge is 0.0864 e. The average molecular weight is 719 g/mol. The number of aliphatic hydroxyl groups excluding tert-OH is 1. The largest absolute Gasteiger partial charge is 0.392 e. The minimum Gasteiger partial charge on any atom is -0.392 e. The standard InChI is InChI=1S/C45H82O6/c1-36(18-11-19-37(2)21-13-23-39(4)26-35-46)20-12-22-38(3)24-14-27-42(7,48)28-15-29-43(8,49)30-16-31-44(9,50)32-17-33-45(10)34-25-40(51-45)41(5,6)47/h18,21-22,26,40,46-50H,11-17,19-20,23-25,27-35H2,1-10H3/b36-18+,37-21+,38-22+,39-26+/t40-,42+,43-,44-,45+/m1/s1. The van der Waals surface area contributed by atoms with Crippen LogP contribution in [0.3, 0.4) is 0 Å². The van der Waals surface area contributed by atoms with Crippen LogP contribution in [0.15, 0.2) is 46.6 Å². The molecule has 0 aromatic rings. The summed E-state index contributed by atoms with van der Waals surface area (Å²) in [6.45, 7) is 20.3. The first-order chi connectivity index (χ1) is 23.6. The van der Waals surface area contributed by atoms with Crippen molar-refractivity contribution in [1.82, 2.24) is 0 Å². The molecule has 0 saturated carbocycles. The van der Waals surface area contributed by atoms with Crippen molar-refractivity contribution in [1.29, 1.82) is 0 Å². The Balaban J connectivity index is 2.26. The fourth-order valence-electron chi connectivity index (χ4n) is 7.45. The van der Waals surface area contributed by atoms with E-state index >= 15 is 0 Å². The van der Waals surface area contributed by atoms with Gasteiger partial charge in [-0.3, -0.25) is 0 Å². The van der Waals surface area contributed by atoms with Crippen molar-refractivity contribution in [2.45, 2.75) is 232 Å². The maximum absolute atomic E-state index is 11.0. The van der Waals surface area contributed by atoms with Gasteiger partial charge in [0, 0.05) is 0 Å². The molecule has 0 aliphatic carbocycles. The molecule has 0 unspecified atom stereocenters. The van der Waals surface area contributed by atoms with E-state index in [2.05, 4.69) is 52.8 Å². The number of hydrogen-bond donors (Lipinski definition) is 5. The van der Waals surface area contributed by atoms with Crippen molar-refractivity contribution in [2.24, 2.45) is 0 Å². The highest BCUT2D eigenvalue weighted by molar-refractivity contribution is 5.07. The third-order valence-electron chi connectivity index (χ3n) is 11.3. The lowest BCUT2D eigenvalue weighted by Gasteiger charge is -2.31. The first kappa shape index (κ1) is 47.7. The summed E-state index contributed by atoms with van der Waals surface area (Å²) in [5, 5.41) is 52.3. The summed E-state index contributed by atoms with van der Waals surface area (Å²) in [7, 11) is 0. The second-order valence-electron chi connectivity index (χ2n) is 18.2. The minimum absolute atomic E-state index is 0.128. The number of hydrogen-bond acceptors (Lipinski definition) is 6. The zero-order chi connectivity index (χ0) is 38.8. The van der Waals surface area contributed by atoms with E-state index in [1.807, 2.05) is 40.7 Å². The van der Waals surface area contributed by atoms with Crippen molar-refractivity contribution in [2.75, 3.05) is 6.61 Å². The summed E-state index contributed by atoms with van der Waals surface area (Å²) < 4.78 is 6.21. The van der Waals surface area contributed by atoms with Gasteiger partial charge in [-0.2, -0.15) is 0 Å². The number of allylic oxidation sites excluding steroid dienone is 7. The summed E-state index contributed by atoms with van der Waals surface area (Å²) in [4.78, 5) is 0. The molecule has 6 heteroatoms. The van der Waals surface area contributed by atoms with E-state index in [4.69, 9.17) is 9.84 Å². The van der Waals surface area contributed by atoms with Crippen molar-refractivity contribution in [3.8, 4) is 0 Å². The lowest BCUT2D eigenvalue weighted by molar-refractivity contribution is -0.119. The Kier molecular flexibility index (Phi) is 21.4. The SMILES string of the molecule is C/C(=C\CO)CC/C=C(\C)CC/C=C(\C)CC/C=C(\C)CCC[C@](C)(O)CCC[C@@](C)(O)CCC[C@@](C)(O)CCC[C@@]1(C)CC[C@H](C(C)(C)O)O1. The Hall–Kier alpha value is -1.28. The topological polar surface area (TPSA) is 110 Å². The summed E-state index contributed by atoms with van der Waals surface area (Å²) in [5.74, 6) is 0. The molecule has 1 saturated heterocycles. The zero-order valence-electron chi connectivity index (χ0n) is 34.9. The maximum atomic E-state index is 11.0. The molecule has 0 aromatic heterocycles. The molecule has 0 amide bonds. The predicted molar refractivity (Wildman–Crippen MR) is 216 cm³/mol. The molecule has 0 radical (unpaired) electrons. The van der Waals surface area contributed by atoms with Crippen LogP contribution in [-0.2, 0) is 4.74 Å². The van der Waals surface area contributed by atoms with Gasteiger partial charge >= 0.3 is 0 Å². The van der Waals surface area contributed by atoms with E-state index in [9.17, 15) is 20.4 Å². The van der Waals surface area contributed by atoms with Crippen molar-refractivity contribution < 1.29 is 30.3 Å². The van der Waals surface area contributed by atoms with Crippen LogP contribution in [0.25, 0.3) is 0 Å². The second-order valence-corrected chi connectivity index (χ2v) is 18.2. The van der Waals surface area contributed by atoms with Crippen LogP contribution in [0.1, 0.15) is 198 Å². The fourth-order valence-corrected chi connectivity index (χ4v) is 7.45. The maximum Gasteiger partial charge on any atom is 0.0864 e. The molecule has 5 N–H and O–H groups in total. The Morgan fingerprint density at radius 3 is 1.35 bits per heavy atom. The molecule has 1 aliphatic heterocycles. The number of rotatable bonds is 27. The van der Waals surface area contributed by atoms with Gasteiger partial charge in [0.25, 0.3) is 0 Å². The average Bonchev–Trinajstić information content (AvgIpc) is 3.39. The molecule has 51 heavy (non-hydrogen) atoms. The van der Waals surface area contributed by atoms with Gasteiger partial charge in [-0.1, -0.05) is 46.6 Å². The molecule has 1 fully saturated rings. The quantitative estimate of drug-likeness (QED) is 0.0541. The van der Waals surface area contributed by atoms with E-state index in [1.54, 1.807) is 0 Å². The van der Waals surface area contributed by atoms with E-state index in [0.29, 0.717) is 32.1 Å². The number of aliphatic hydroxyl groups is 5. The summed E-state index contributed by atoms with van der Waals surface area (Å²) in [6.07, 6.45) is 26.3. The highest BCUT2D eigenvalue weighted by Crippen LogP contribution is 2.39.